The second-order valence-corrected chi connectivity index (χ2v) is 5.58. The van der Waals surface area contributed by atoms with E-state index in [0.717, 1.165) is 24.1 Å². The number of benzene rings is 2. The van der Waals surface area contributed by atoms with E-state index in [1.807, 2.05) is 74.8 Å². The van der Waals surface area contributed by atoms with Crippen LogP contribution < -0.4 is 0 Å². The van der Waals surface area contributed by atoms with Gasteiger partial charge in [0.05, 0.1) is 6.61 Å². The van der Waals surface area contributed by atoms with Crippen LogP contribution in [0.1, 0.15) is 23.5 Å². The molecule has 0 unspecified atom stereocenters. The fraction of sp³-hybridized carbons (Fsp3) is 0.316. The predicted octanol–water partition coefficient (Wildman–Crippen LogP) is 3.31. The van der Waals surface area contributed by atoms with Crippen molar-refractivity contribution in [3.05, 3.63) is 71.8 Å². The second kappa shape index (κ2) is 8.35. The van der Waals surface area contributed by atoms with Gasteiger partial charge in [-0.1, -0.05) is 60.7 Å². The zero-order chi connectivity index (χ0) is 15.8. The fourth-order valence-corrected chi connectivity index (χ4v) is 2.39. The topological polar surface area (TPSA) is 29.5 Å². The van der Waals surface area contributed by atoms with Crippen LogP contribution >= 0.6 is 0 Å². The van der Waals surface area contributed by atoms with Gasteiger partial charge in [-0.25, -0.2) is 0 Å². The molecule has 0 radical (unpaired) electrons. The van der Waals surface area contributed by atoms with Gasteiger partial charge in [0.25, 0.3) is 0 Å². The summed E-state index contributed by atoms with van der Waals surface area (Å²) in [5.41, 5.74) is 1.93. The first-order valence-corrected chi connectivity index (χ1v) is 7.59. The third-order valence-corrected chi connectivity index (χ3v) is 3.50. The highest BCUT2D eigenvalue weighted by atomic mass is 16.5. The van der Waals surface area contributed by atoms with Crippen molar-refractivity contribution < 1.29 is 9.53 Å². The quantitative estimate of drug-likeness (QED) is 0.580. The minimum Gasteiger partial charge on any atom is -0.465 e. The third-order valence-electron chi connectivity index (χ3n) is 3.50. The molecule has 0 aliphatic heterocycles. The van der Waals surface area contributed by atoms with E-state index < -0.39 is 0 Å². The Morgan fingerprint density at radius 2 is 1.45 bits per heavy atom. The van der Waals surface area contributed by atoms with E-state index in [9.17, 15) is 4.79 Å². The Hall–Kier alpha value is -2.13. The van der Waals surface area contributed by atoms with Gasteiger partial charge < -0.3 is 9.64 Å². The second-order valence-electron chi connectivity index (χ2n) is 5.58. The molecule has 0 aliphatic carbocycles. The molecule has 0 spiro atoms. The molecule has 2 aromatic rings. The van der Waals surface area contributed by atoms with Crippen LogP contribution in [0.15, 0.2) is 60.7 Å². The predicted molar refractivity (Wildman–Crippen MR) is 88.9 cm³/mol. The van der Waals surface area contributed by atoms with Gasteiger partial charge in [-0.05, 0) is 31.6 Å². The van der Waals surface area contributed by atoms with Gasteiger partial charge >= 0.3 is 5.97 Å². The van der Waals surface area contributed by atoms with Gasteiger partial charge in [0, 0.05) is 6.54 Å². The molecule has 0 bridgehead atoms. The summed E-state index contributed by atoms with van der Waals surface area (Å²) in [5, 5.41) is 0. The van der Waals surface area contributed by atoms with Gasteiger partial charge in [0.15, 0.2) is 0 Å². The fourth-order valence-electron chi connectivity index (χ4n) is 2.39. The Bertz CT molecular complexity index is 527. The molecule has 116 valence electrons. The van der Waals surface area contributed by atoms with Crippen LogP contribution in [-0.4, -0.2) is 38.1 Å². The van der Waals surface area contributed by atoms with Crippen molar-refractivity contribution in [1.29, 1.82) is 0 Å². The van der Waals surface area contributed by atoms with E-state index in [1.165, 1.54) is 0 Å². The first kappa shape index (κ1) is 16.2. The first-order chi connectivity index (χ1) is 10.7. The van der Waals surface area contributed by atoms with Gasteiger partial charge in [-0.2, -0.15) is 0 Å². The summed E-state index contributed by atoms with van der Waals surface area (Å²) < 4.78 is 5.50. The maximum absolute atomic E-state index is 12.6. The highest BCUT2D eigenvalue weighted by Gasteiger charge is 2.23. The molecule has 0 heterocycles. The zero-order valence-electron chi connectivity index (χ0n) is 13.2. The lowest BCUT2D eigenvalue weighted by atomic mass is 9.91. The maximum atomic E-state index is 12.6. The average molecular weight is 297 g/mol. The van der Waals surface area contributed by atoms with E-state index in [2.05, 4.69) is 4.90 Å². The lowest BCUT2D eigenvalue weighted by Crippen LogP contribution is -2.20. The molecule has 2 rings (SSSR count). The molecule has 0 amide bonds. The van der Waals surface area contributed by atoms with E-state index in [0.29, 0.717) is 6.61 Å². The molecule has 2 aromatic carbocycles. The zero-order valence-corrected chi connectivity index (χ0v) is 13.2. The van der Waals surface area contributed by atoms with Gasteiger partial charge in [0.1, 0.15) is 5.92 Å². The Kier molecular flexibility index (Phi) is 6.16. The van der Waals surface area contributed by atoms with E-state index in [1.54, 1.807) is 0 Å². The lowest BCUT2D eigenvalue weighted by molar-refractivity contribution is -0.144. The molecular weight excluding hydrogens is 274 g/mol. The molecule has 3 heteroatoms. The van der Waals surface area contributed by atoms with Crippen LogP contribution in [0.4, 0.5) is 0 Å². The number of nitrogens with zero attached hydrogens (tertiary/aromatic N) is 1. The van der Waals surface area contributed by atoms with Crippen molar-refractivity contribution in [2.75, 3.05) is 27.2 Å². The monoisotopic (exact) mass is 297 g/mol. The molecule has 0 saturated carbocycles. The summed E-state index contributed by atoms with van der Waals surface area (Å²) in [6.45, 7) is 1.36. The van der Waals surface area contributed by atoms with E-state index >= 15 is 0 Å². The normalized spacial score (nSPS) is 10.9. The maximum Gasteiger partial charge on any atom is 0.317 e. The number of hydrogen-bond donors (Lipinski definition) is 0. The van der Waals surface area contributed by atoms with Crippen molar-refractivity contribution in [2.24, 2.45) is 0 Å². The molecular formula is C19H23NO2. The highest BCUT2D eigenvalue weighted by molar-refractivity contribution is 5.82. The highest BCUT2D eigenvalue weighted by Crippen LogP contribution is 2.25. The van der Waals surface area contributed by atoms with Crippen molar-refractivity contribution >= 4 is 5.97 Å². The number of hydrogen-bond acceptors (Lipinski definition) is 3. The van der Waals surface area contributed by atoms with Crippen molar-refractivity contribution in [3.63, 3.8) is 0 Å². The van der Waals surface area contributed by atoms with Crippen LogP contribution in [0.3, 0.4) is 0 Å². The summed E-state index contributed by atoms with van der Waals surface area (Å²) >= 11 is 0. The summed E-state index contributed by atoms with van der Waals surface area (Å²) in [5.74, 6) is -0.544. The van der Waals surface area contributed by atoms with Crippen molar-refractivity contribution in [1.82, 2.24) is 4.90 Å². The number of ether oxygens (including phenoxy) is 1. The summed E-state index contributed by atoms with van der Waals surface area (Å²) in [6, 6.07) is 19.6. The number of carbonyl (C=O) groups excluding carboxylic acids is 1. The van der Waals surface area contributed by atoms with E-state index in [-0.39, 0.29) is 11.9 Å². The lowest BCUT2D eigenvalue weighted by Gasteiger charge is -2.17. The largest absolute Gasteiger partial charge is 0.465 e. The van der Waals surface area contributed by atoms with Crippen molar-refractivity contribution in [3.8, 4) is 0 Å². The summed E-state index contributed by atoms with van der Waals surface area (Å²) in [4.78, 5) is 14.6. The van der Waals surface area contributed by atoms with Crippen molar-refractivity contribution in [2.45, 2.75) is 12.3 Å². The number of rotatable bonds is 7. The summed E-state index contributed by atoms with van der Waals surface area (Å²) in [6.07, 6.45) is 0.842. The summed E-state index contributed by atoms with van der Waals surface area (Å²) in [7, 11) is 4.02. The van der Waals surface area contributed by atoms with Crippen LogP contribution in [0.25, 0.3) is 0 Å². The Morgan fingerprint density at radius 1 is 0.955 bits per heavy atom. The Labute approximate surface area is 132 Å². The standard InChI is InChI=1S/C19H23NO2/c1-20(2)14-9-15-22-19(21)18(16-10-5-3-6-11-16)17-12-7-4-8-13-17/h3-8,10-13,18H,9,14-15H2,1-2H3. The van der Waals surface area contributed by atoms with Crippen LogP contribution in [0.2, 0.25) is 0 Å². The SMILES string of the molecule is CN(C)CCCOC(=O)C(c1ccccc1)c1ccccc1. The Morgan fingerprint density at radius 3 is 1.91 bits per heavy atom. The Balaban J connectivity index is 2.10. The minimum atomic E-state index is -0.359. The van der Waals surface area contributed by atoms with Gasteiger partial charge in [-0.15, -0.1) is 0 Å². The number of carbonyl (C=O) groups is 1. The average Bonchev–Trinajstić information content (AvgIpc) is 2.54. The van der Waals surface area contributed by atoms with Gasteiger partial charge in [-0.3, -0.25) is 4.79 Å². The first-order valence-electron chi connectivity index (χ1n) is 7.59. The molecule has 0 aromatic heterocycles. The third kappa shape index (κ3) is 4.71. The van der Waals surface area contributed by atoms with E-state index in [4.69, 9.17) is 4.74 Å². The molecule has 0 fully saturated rings. The molecule has 3 nitrogen and oxygen atoms in total. The molecule has 0 saturated heterocycles. The molecule has 0 atom stereocenters. The molecule has 22 heavy (non-hydrogen) atoms. The molecule has 0 N–H and O–H groups in total. The smallest absolute Gasteiger partial charge is 0.317 e. The number of esters is 1. The van der Waals surface area contributed by atoms with Crippen LogP contribution in [-0.2, 0) is 9.53 Å². The van der Waals surface area contributed by atoms with Crippen LogP contribution in [0, 0.1) is 0 Å². The molecule has 0 aliphatic rings. The van der Waals surface area contributed by atoms with Crippen LogP contribution in [0.5, 0.6) is 0 Å². The minimum absolute atomic E-state index is 0.184. The van der Waals surface area contributed by atoms with Gasteiger partial charge in [0.2, 0.25) is 0 Å².